The van der Waals surface area contributed by atoms with Gasteiger partial charge in [0.1, 0.15) is 5.75 Å². The van der Waals surface area contributed by atoms with E-state index in [1.165, 1.54) is 12.0 Å². The van der Waals surface area contributed by atoms with Crippen molar-refractivity contribution in [3.63, 3.8) is 0 Å². The minimum Gasteiger partial charge on any atom is -0.495 e. The van der Waals surface area contributed by atoms with Crippen LogP contribution < -0.4 is 20.7 Å². The summed E-state index contributed by atoms with van der Waals surface area (Å²) in [5.41, 5.74) is 6.09. The van der Waals surface area contributed by atoms with E-state index in [2.05, 4.69) is 10.2 Å². The predicted octanol–water partition coefficient (Wildman–Crippen LogP) is 0.622. The maximum Gasteiger partial charge on any atom is 0.423 e. The number of piperidine rings is 1. The standard InChI is InChI=1S/C23H32N6O6/c1-34-19-14-17(2-3-18(19)29-9-6-20(30)25-23(29)33)21(31)27-12-10-26(11-13-27)15-16-4-7-28(8-5-16)35-22(24)32/h2-3,14,16H,4-13,15H2,1H3,(H2,24,32)(H,25,30,33). The van der Waals surface area contributed by atoms with Crippen molar-refractivity contribution in [2.45, 2.75) is 19.3 Å². The van der Waals surface area contributed by atoms with Crippen LogP contribution in [0.15, 0.2) is 18.2 Å². The number of methoxy groups -OCH3 is 1. The number of primary amides is 1. The molecule has 3 N–H and O–H groups in total. The van der Waals surface area contributed by atoms with Crippen LogP contribution in [0.5, 0.6) is 5.75 Å². The quantitative estimate of drug-likeness (QED) is 0.595. The molecular weight excluding hydrogens is 456 g/mol. The van der Waals surface area contributed by atoms with Crippen LogP contribution in [0, 0.1) is 5.92 Å². The third kappa shape index (κ3) is 6.01. The fourth-order valence-electron chi connectivity index (χ4n) is 4.82. The molecule has 190 valence electrons. The maximum atomic E-state index is 13.1. The molecule has 0 spiro atoms. The number of hydrogen-bond acceptors (Lipinski definition) is 8. The van der Waals surface area contributed by atoms with E-state index in [-0.39, 0.29) is 24.8 Å². The number of ether oxygens (including phenoxy) is 1. The summed E-state index contributed by atoms with van der Waals surface area (Å²) in [5.74, 6) is 0.540. The summed E-state index contributed by atoms with van der Waals surface area (Å²) in [5, 5.41) is 3.91. The fourth-order valence-corrected chi connectivity index (χ4v) is 4.82. The number of imide groups is 1. The summed E-state index contributed by atoms with van der Waals surface area (Å²) in [6, 6.07) is 4.53. The summed E-state index contributed by atoms with van der Waals surface area (Å²) in [6.07, 6.45) is 1.30. The minimum atomic E-state index is -0.773. The van der Waals surface area contributed by atoms with Crippen molar-refractivity contribution in [2.24, 2.45) is 11.7 Å². The molecule has 1 aromatic carbocycles. The molecule has 0 radical (unpaired) electrons. The number of amides is 5. The van der Waals surface area contributed by atoms with Crippen LogP contribution >= 0.6 is 0 Å². The average molecular weight is 489 g/mol. The van der Waals surface area contributed by atoms with Crippen molar-refractivity contribution in [1.29, 1.82) is 0 Å². The van der Waals surface area contributed by atoms with Gasteiger partial charge in [0.15, 0.2) is 0 Å². The number of nitrogens with two attached hydrogens (primary N) is 1. The lowest BCUT2D eigenvalue weighted by atomic mass is 9.97. The number of hydrogen-bond donors (Lipinski definition) is 2. The molecule has 3 aliphatic heterocycles. The SMILES string of the molecule is COc1cc(C(=O)N2CCN(CC3CCN(OC(N)=O)CC3)CC2)ccc1N1CCC(=O)NC1=O. The lowest BCUT2D eigenvalue weighted by Gasteiger charge is -2.38. The molecule has 4 rings (SSSR count). The number of nitrogens with one attached hydrogen (secondary N) is 1. The van der Waals surface area contributed by atoms with Crippen LogP contribution in [-0.2, 0) is 9.63 Å². The molecule has 3 saturated heterocycles. The van der Waals surface area contributed by atoms with Crippen LogP contribution in [0.2, 0.25) is 0 Å². The first-order chi connectivity index (χ1) is 16.8. The molecule has 0 atom stereocenters. The Bertz CT molecular complexity index is 971. The van der Waals surface area contributed by atoms with Gasteiger partial charge in [0.2, 0.25) is 5.91 Å². The fraction of sp³-hybridized carbons (Fsp3) is 0.565. The largest absolute Gasteiger partial charge is 0.495 e. The summed E-state index contributed by atoms with van der Waals surface area (Å²) in [6.45, 7) is 5.41. The third-order valence-electron chi connectivity index (χ3n) is 6.74. The Kier molecular flexibility index (Phi) is 7.71. The molecule has 1 aromatic rings. The Balaban J connectivity index is 1.29. The first-order valence-electron chi connectivity index (χ1n) is 11.9. The van der Waals surface area contributed by atoms with E-state index in [1.807, 2.05) is 4.90 Å². The third-order valence-corrected chi connectivity index (χ3v) is 6.74. The van der Waals surface area contributed by atoms with E-state index in [4.69, 9.17) is 15.3 Å². The van der Waals surface area contributed by atoms with E-state index in [0.717, 1.165) is 32.5 Å². The number of carbonyl (C=O) groups is 4. The van der Waals surface area contributed by atoms with E-state index in [1.54, 1.807) is 23.3 Å². The number of hydroxylamine groups is 2. The minimum absolute atomic E-state index is 0.0790. The molecule has 3 fully saturated rings. The van der Waals surface area contributed by atoms with Gasteiger partial charge in [-0.05, 0) is 37.0 Å². The molecular formula is C23H32N6O6. The Hall–Kier alpha value is -3.38. The van der Waals surface area contributed by atoms with Crippen molar-refractivity contribution >= 4 is 29.6 Å². The van der Waals surface area contributed by atoms with Crippen LogP contribution in [-0.4, -0.2) is 98.3 Å². The van der Waals surface area contributed by atoms with Crippen molar-refractivity contribution in [1.82, 2.24) is 20.2 Å². The molecule has 0 saturated carbocycles. The maximum absolute atomic E-state index is 13.1. The van der Waals surface area contributed by atoms with E-state index < -0.39 is 12.1 Å². The molecule has 35 heavy (non-hydrogen) atoms. The van der Waals surface area contributed by atoms with Gasteiger partial charge in [0, 0.05) is 64.3 Å². The molecule has 3 heterocycles. The van der Waals surface area contributed by atoms with Crippen molar-refractivity contribution in [3.8, 4) is 5.75 Å². The van der Waals surface area contributed by atoms with E-state index >= 15 is 0 Å². The molecule has 0 unspecified atom stereocenters. The second-order valence-electron chi connectivity index (χ2n) is 9.02. The van der Waals surface area contributed by atoms with E-state index in [0.29, 0.717) is 49.1 Å². The number of anilines is 1. The first-order valence-corrected chi connectivity index (χ1v) is 11.9. The zero-order chi connectivity index (χ0) is 24.9. The zero-order valence-electron chi connectivity index (χ0n) is 19.9. The van der Waals surface area contributed by atoms with Crippen molar-refractivity contribution in [3.05, 3.63) is 23.8 Å². The Morgan fingerprint density at radius 3 is 2.40 bits per heavy atom. The summed E-state index contributed by atoms with van der Waals surface area (Å²) >= 11 is 0. The molecule has 5 amide bonds. The highest BCUT2D eigenvalue weighted by Gasteiger charge is 2.29. The van der Waals surface area contributed by atoms with Gasteiger partial charge < -0.3 is 20.2 Å². The number of piperazine rings is 1. The molecule has 0 aromatic heterocycles. The van der Waals surface area contributed by atoms with E-state index in [9.17, 15) is 19.2 Å². The highest BCUT2D eigenvalue weighted by atomic mass is 16.7. The highest BCUT2D eigenvalue weighted by Crippen LogP contribution is 2.31. The average Bonchev–Trinajstić information content (AvgIpc) is 2.85. The van der Waals surface area contributed by atoms with Crippen LogP contribution in [0.1, 0.15) is 29.6 Å². The molecule has 0 bridgehead atoms. The predicted molar refractivity (Wildman–Crippen MR) is 126 cm³/mol. The van der Waals surface area contributed by atoms with Gasteiger partial charge in [-0.1, -0.05) is 0 Å². The molecule has 3 aliphatic rings. The summed E-state index contributed by atoms with van der Waals surface area (Å²) in [7, 11) is 1.49. The topological polar surface area (TPSA) is 138 Å². The molecule has 12 heteroatoms. The molecule has 0 aliphatic carbocycles. The van der Waals surface area contributed by atoms with Crippen LogP contribution in [0.3, 0.4) is 0 Å². The monoisotopic (exact) mass is 488 g/mol. The van der Waals surface area contributed by atoms with Gasteiger partial charge in [0.05, 0.1) is 12.8 Å². The van der Waals surface area contributed by atoms with Crippen LogP contribution in [0.25, 0.3) is 0 Å². The lowest BCUT2D eigenvalue weighted by molar-refractivity contribution is -0.120. The Labute approximate surface area is 203 Å². The summed E-state index contributed by atoms with van der Waals surface area (Å²) < 4.78 is 5.46. The normalized spacial score (nSPS) is 20.5. The van der Waals surface area contributed by atoms with Gasteiger partial charge in [-0.3, -0.25) is 24.7 Å². The number of rotatable bonds is 6. The number of urea groups is 1. The van der Waals surface area contributed by atoms with Gasteiger partial charge in [-0.25, -0.2) is 9.59 Å². The summed E-state index contributed by atoms with van der Waals surface area (Å²) in [4.78, 5) is 58.3. The number of benzene rings is 1. The Morgan fingerprint density at radius 2 is 1.77 bits per heavy atom. The second-order valence-corrected chi connectivity index (χ2v) is 9.02. The zero-order valence-corrected chi connectivity index (χ0v) is 19.9. The Morgan fingerprint density at radius 1 is 1.06 bits per heavy atom. The number of carbonyl (C=O) groups excluding carboxylic acids is 4. The first kappa shape index (κ1) is 24.7. The highest BCUT2D eigenvalue weighted by molar-refractivity contribution is 6.06. The van der Waals surface area contributed by atoms with Gasteiger partial charge in [0.25, 0.3) is 5.91 Å². The van der Waals surface area contributed by atoms with Crippen LogP contribution in [0.4, 0.5) is 15.3 Å². The van der Waals surface area contributed by atoms with Crippen molar-refractivity contribution < 1.29 is 28.8 Å². The van der Waals surface area contributed by atoms with Gasteiger partial charge >= 0.3 is 12.1 Å². The number of nitrogens with zero attached hydrogens (tertiary/aromatic N) is 4. The van der Waals surface area contributed by atoms with Gasteiger partial charge in [-0.15, -0.1) is 5.06 Å². The van der Waals surface area contributed by atoms with Crippen molar-refractivity contribution in [2.75, 3.05) is 64.4 Å². The second kappa shape index (κ2) is 10.9. The smallest absolute Gasteiger partial charge is 0.423 e. The molecule has 12 nitrogen and oxygen atoms in total. The van der Waals surface area contributed by atoms with Gasteiger partial charge in [-0.2, -0.15) is 0 Å². The lowest BCUT2D eigenvalue weighted by Crippen LogP contribution is -2.50.